The zero-order valence-corrected chi connectivity index (χ0v) is 8.61. The summed E-state index contributed by atoms with van der Waals surface area (Å²) < 4.78 is 1.95. The summed E-state index contributed by atoms with van der Waals surface area (Å²) in [6, 6.07) is 0.240. The van der Waals surface area contributed by atoms with Gasteiger partial charge < -0.3 is 5.73 Å². The Kier molecular flexibility index (Phi) is 2.68. The second-order valence-corrected chi connectivity index (χ2v) is 3.83. The van der Waals surface area contributed by atoms with Crippen LogP contribution in [0.4, 0.5) is 0 Å². The highest BCUT2D eigenvalue weighted by molar-refractivity contribution is 5.65. The number of hydrogen-bond donors (Lipinski definition) is 1. The van der Waals surface area contributed by atoms with E-state index in [0.29, 0.717) is 0 Å². The van der Waals surface area contributed by atoms with Crippen LogP contribution < -0.4 is 5.73 Å². The Morgan fingerprint density at radius 3 is 3.14 bits per heavy atom. The molecule has 2 N–H and O–H groups in total. The van der Waals surface area contributed by atoms with Gasteiger partial charge in [0.05, 0.1) is 6.20 Å². The lowest BCUT2D eigenvalue weighted by Crippen LogP contribution is -2.19. The molecule has 1 aromatic rings. The van der Waals surface area contributed by atoms with E-state index in [0.717, 1.165) is 19.4 Å². The van der Waals surface area contributed by atoms with Gasteiger partial charge in [0.25, 0.3) is 0 Å². The van der Waals surface area contributed by atoms with Crippen LogP contribution in [0.15, 0.2) is 18.5 Å². The summed E-state index contributed by atoms with van der Waals surface area (Å²) in [6.07, 6.45) is 9.68. The van der Waals surface area contributed by atoms with Gasteiger partial charge in [0.2, 0.25) is 0 Å². The molecule has 1 unspecified atom stereocenters. The Balaban J connectivity index is 2.21. The van der Waals surface area contributed by atoms with Crippen molar-refractivity contribution in [1.29, 1.82) is 0 Å². The second-order valence-electron chi connectivity index (χ2n) is 3.83. The second kappa shape index (κ2) is 3.96. The van der Waals surface area contributed by atoms with Crippen molar-refractivity contribution in [1.82, 2.24) is 9.78 Å². The van der Waals surface area contributed by atoms with E-state index < -0.39 is 0 Å². The van der Waals surface area contributed by atoms with Gasteiger partial charge in [-0.25, -0.2) is 0 Å². The summed E-state index contributed by atoms with van der Waals surface area (Å²) in [5.41, 5.74) is 8.50. The molecule has 1 atom stereocenters. The summed E-state index contributed by atoms with van der Waals surface area (Å²) in [5.74, 6) is 0. The topological polar surface area (TPSA) is 43.8 Å². The van der Waals surface area contributed by atoms with Gasteiger partial charge in [-0.1, -0.05) is 6.08 Å². The van der Waals surface area contributed by atoms with E-state index in [1.807, 2.05) is 10.9 Å². The predicted octanol–water partition coefficient (Wildman–Crippen LogP) is 1.80. The average molecular weight is 191 g/mol. The number of nitrogens with zero attached hydrogens (tertiary/aromatic N) is 2. The lowest BCUT2D eigenvalue weighted by Gasteiger charge is -2.16. The molecule has 14 heavy (non-hydrogen) atoms. The number of nitrogens with two attached hydrogens (primary N) is 1. The SMILES string of the molecule is CCn1cc(C2=CC(N)CCC2)cn1. The molecule has 3 nitrogen and oxygen atoms in total. The molecule has 1 aliphatic rings. The highest BCUT2D eigenvalue weighted by Gasteiger charge is 2.12. The molecule has 0 spiro atoms. The van der Waals surface area contributed by atoms with Gasteiger partial charge >= 0.3 is 0 Å². The van der Waals surface area contributed by atoms with Gasteiger partial charge in [0.1, 0.15) is 0 Å². The van der Waals surface area contributed by atoms with Crippen molar-refractivity contribution in [2.24, 2.45) is 5.73 Å². The smallest absolute Gasteiger partial charge is 0.0564 e. The minimum Gasteiger partial charge on any atom is -0.324 e. The van der Waals surface area contributed by atoms with E-state index in [9.17, 15) is 0 Å². The molecule has 0 bridgehead atoms. The van der Waals surface area contributed by atoms with Gasteiger partial charge in [-0.2, -0.15) is 5.10 Å². The van der Waals surface area contributed by atoms with Crippen LogP contribution in [0.5, 0.6) is 0 Å². The van der Waals surface area contributed by atoms with Crippen molar-refractivity contribution in [3.8, 4) is 0 Å². The van der Waals surface area contributed by atoms with Crippen LogP contribution in [-0.4, -0.2) is 15.8 Å². The Hall–Kier alpha value is -1.09. The molecule has 0 aromatic carbocycles. The molecule has 1 aromatic heterocycles. The van der Waals surface area contributed by atoms with E-state index in [4.69, 9.17) is 5.73 Å². The maximum absolute atomic E-state index is 5.90. The molecule has 0 saturated carbocycles. The zero-order chi connectivity index (χ0) is 9.97. The van der Waals surface area contributed by atoms with Gasteiger partial charge in [-0.05, 0) is 31.8 Å². The summed E-state index contributed by atoms with van der Waals surface area (Å²) >= 11 is 0. The molecular formula is C11H17N3. The van der Waals surface area contributed by atoms with E-state index in [-0.39, 0.29) is 6.04 Å². The molecule has 1 aliphatic carbocycles. The Labute approximate surface area is 84.6 Å². The van der Waals surface area contributed by atoms with Crippen LogP contribution in [-0.2, 0) is 6.54 Å². The van der Waals surface area contributed by atoms with Crippen LogP contribution in [0, 0.1) is 0 Å². The normalized spacial score (nSPS) is 22.1. The fourth-order valence-corrected chi connectivity index (χ4v) is 1.90. The van der Waals surface area contributed by atoms with E-state index >= 15 is 0 Å². The molecule has 0 fully saturated rings. The minimum atomic E-state index is 0.240. The molecule has 0 saturated heterocycles. The fraction of sp³-hybridized carbons (Fsp3) is 0.545. The van der Waals surface area contributed by atoms with Crippen molar-refractivity contribution in [2.75, 3.05) is 0 Å². The minimum absolute atomic E-state index is 0.240. The average Bonchev–Trinajstić information content (AvgIpc) is 2.66. The van der Waals surface area contributed by atoms with E-state index in [2.05, 4.69) is 24.3 Å². The van der Waals surface area contributed by atoms with Crippen molar-refractivity contribution in [3.05, 3.63) is 24.0 Å². The summed E-state index contributed by atoms with van der Waals surface area (Å²) in [6.45, 7) is 3.02. The third kappa shape index (κ3) is 1.87. The molecule has 0 amide bonds. The monoisotopic (exact) mass is 191 g/mol. The van der Waals surface area contributed by atoms with Crippen molar-refractivity contribution in [2.45, 2.75) is 38.8 Å². The fourth-order valence-electron chi connectivity index (χ4n) is 1.90. The van der Waals surface area contributed by atoms with Gasteiger partial charge in [-0.15, -0.1) is 0 Å². The van der Waals surface area contributed by atoms with Gasteiger partial charge in [-0.3, -0.25) is 4.68 Å². The van der Waals surface area contributed by atoms with Crippen LogP contribution >= 0.6 is 0 Å². The van der Waals surface area contributed by atoms with Crippen LogP contribution in [0.3, 0.4) is 0 Å². The van der Waals surface area contributed by atoms with Crippen LogP contribution in [0.1, 0.15) is 31.7 Å². The number of aromatic nitrogens is 2. The zero-order valence-electron chi connectivity index (χ0n) is 8.61. The quantitative estimate of drug-likeness (QED) is 0.774. The maximum Gasteiger partial charge on any atom is 0.0564 e. The molecule has 0 aliphatic heterocycles. The third-order valence-corrected chi connectivity index (χ3v) is 2.73. The van der Waals surface area contributed by atoms with Crippen molar-refractivity contribution < 1.29 is 0 Å². The first-order valence-electron chi connectivity index (χ1n) is 5.28. The first-order chi connectivity index (χ1) is 6.79. The van der Waals surface area contributed by atoms with Gasteiger partial charge in [0, 0.05) is 24.3 Å². The molecule has 1 heterocycles. The van der Waals surface area contributed by atoms with E-state index in [1.165, 1.54) is 17.6 Å². The largest absolute Gasteiger partial charge is 0.324 e. The summed E-state index contributed by atoms with van der Waals surface area (Å²) in [5, 5.41) is 4.27. The standard InChI is InChI=1S/C11H17N3/c1-2-14-8-10(7-13-14)9-4-3-5-11(12)6-9/h6-8,11H,2-5,12H2,1H3. The Morgan fingerprint density at radius 1 is 1.64 bits per heavy atom. The lowest BCUT2D eigenvalue weighted by atomic mass is 9.93. The number of aryl methyl sites for hydroxylation is 1. The molecule has 0 radical (unpaired) electrons. The highest BCUT2D eigenvalue weighted by atomic mass is 15.3. The number of allylic oxidation sites excluding steroid dienone is 1. The Morgan fingerprint density at radius 2 is 2.50 bits per heavy atom. The van der Waals surface area contributed by atoms with E-state index in [1.54, 1.807) is 0 Å². The van der Waals surface area contributed by atoms with Crippen molar-refractivity contribution in [3.63, 3.8) is 0 Å². The maximum atomic E-state index is 5.90. The third-order valence-electron chi connectivity index (χ3n) is 2.73. The summed E-state index contributed by atoms with van der Waals surface area (Å²) in [7, 11) is 0. The van der Waals surface area contributed by atoms with Crippen LogP contribution in [0.2, 0.25) is 0 Å². The molecule has 2 rings (SSSR count). The first kappa shape index (κ1) is 9.46. The molecular weight excluding hydrogens is 174 g/mol. The Bertz CT molecular complexity index is 338. The highest BCUT2D eigenvalue weighted by Crippen LogP contribution is 2.25. The van der Waals surface area contributed by atoms with Gasteiger partial charge in [0.15, 0.2) is 0 Å². The van der Waals surface area contributed by atoms with Crippen LogP contribution in [0.25, 0.3) is 5.57 Å². The summed E-state index contributed by atoms with van der Waals surface area (Å²) in [4.78, 5) is 0. The van der Waals surface area contributed by atoms with Crippen molar-refractivity contribution >= 4 is 5.57 Å². The molecule has 76 valence electrons. The predicted molar refractivity (Wildman–Crippen MR) is 57.7 cm³/mol. The molecule has 3 heteroatoms. The lowest BCUT2D eigenvalue weighted by molar-refractivity contribution is 0.652. The number of rotatable bonds is 2. The number of hydrogen-bond acceptors (Lipinski definition) is 2. The first-order valence-corrected chi connectivity index (χ1v) is 5.28.